The summed E-state index contributed by atoms with van der Waals surface area (Å²) >= 11 is 0. The second-order valence-corrected chi connectivity index (χ2v) is 3.79. The zero-order valence-electron chi connectivity index (χ0n) is 8.17. The molecule has 1 heterocycles. The van der Waals surface area contributed by atoms with Crippen molar-refractivity contribution in [3.63, 3.8) is 0 Å². The van der Waals surface area contributed by atoms with Gasteiger partial charge < -0.3 is 10.6 Å². The maximum atomic E-state index is 12.9. The van der Waals surface area contributed by atoms with Crippen LogP contribution in [0.15, 0.2) is 24.3 Å². The number of piperidine rings is 1. The first-order valence-electron chi connectivity index (χ1n) is 5.18. The van der Waals surface area contributed by atoms with Gasteiger partial charge in [0.2, 0.25) is 0 Å². The number of benzene rings is 1. The highest BCUT2D eigenvalue weighted by molar-refractivity contribution is 5.43. The van der Waals surface area contributed by atoms with Crippen molar-refractivity contribution in [1.82, 2.24) is 0 Å². The molecule has 0 amide bonds. The Morgan fingerprint density at radius 3 is 2.79 bits per heavy atom. The summed E-state index contributed by atoms with van der Waals surface area (Å²) < 4.78 is 12.9. The Balaban J connectivity index is 1.95. The van der Waals surface area contributed by atoms with Crippen LogP contribution in [0.1, 0.15) is 12.8 Å². The number of nitrogens with one attached hydrogen (secondary N) is 1. The van der Waals surface area contributed by atoms with Crippen molar-refractivity contribution in [2.24, 2.45) is 0 Å². The van der Waals surface area contributed by atoms with Gasteiger partial charge in [0.15, 0.2) is 0 Å². The molecule has 0 aromatic heterocycles. The summed E-state index contributed by atoms with van der Waals surface area (Å²) in [5, 5.41) is 5.68. The third-order valence-electron chi connectivity index (χ3n) is 2.63. The fraction of sp³-hybridized carbons (Fsp3) is 0.455. The quantitative estimate of drug-likeness (QED) is 0.723. The lowest BCUT2D eigenvalue weighted by atomic mass is 10.1. The van der Waals surface area contributed by atoms with E-state index in [-0.39, 0.29) is 5.82 Å². The number of halogens is 1. The minimum atomic E-state index is -0.169. The van der Waals surface area contributed by atoms with Gasteiger partial charge in [-0.1, -0.05) is 6.07 Å². The molecule has 1 aromatic rings. The molecule has 3 heteroatoms. The first kappa shape index (κ1) is 9.46. The van der Waals surface area contributed by atoms with E-state index >= 15 is 0 Å². The first-order valence-corrected chi connectivity index (χ1v) is 5.18. The normalized spacial score (nSPS) is 18.1. The molecule has 0 atom stereocenters. The Labute approximate surface area is 83.5 Å². The highest BCUT2D eigenvalue weighted by atomic mass is 19.1. The molecule has 1 saturated heterocycles. The number of anilines is 1. The highest BCUT2D eigenvalue weighted by Crippen LogP contribution is 2.13. The minimum absolute atomic E-state index is 0.169. The van der Waals surface area contributed by atoms with Crippen molar-refractivity contribution in [3.05, 3.63) is 30.1 Å². The van der Waals surface area contributed by atoms with Crippen LogP contribution in [-0.2, 0) is 0 Å². The van der Waals surface area contributed by atoms with Crippen molar-refractivity contribution >= 4 is 5.69 Å². The van der Waals surface area contributed by atoms with Crippen LogP contribution in [0.3, 0.4) is 0 Å². The molecular formula is C11H16FN2+. The third-order valence-corrected chi connectivity index (χ3v) is 2.63. The Hall–Kier alpha value is -1.09. The fourth-order valence-corrected chi connectivity index (χ4v) is 1.89. The van der Waals surface area contributed by atoms with Gasteiger partial charge >= 0.3 is 0 Å². The van der Waals surface area contributed by atoms with E-state index in [9.17, 15) is 4.39 Å². The molecule has 1 aliphatic rings. The predicted octanol–water partition coefficient (Wildman–Crippen LogP) is 0.963. The second-order valence-electron chi connectivity index (χ2n) is 3.79. The Kier molecular flexibility index (Phi) is 2.99. The summed E-state index contributed by atoms with van der Waals surface area (Å²) in [6.07, 6.45) is 2.33. The number of hydrogen-bond acceptors (Lipinski definition) is 1. The average molecular weight is 195 g/mol. The van der Waals surface area contributed by atoms with Gasteiger partial charge in [-0.2, -0.15) is 0 Å². The molecule has 14 heavy (non-hydrogen) atoms. The molecule has 1 aliphatic heterocycles. The van der Waals surface area contributed by atoms with Crippen molar-refractivity contribution in [3.8, 4) is 0 Å². The molecule has 3 N–H and O–H groups in total. The lowest BCUT2D eigenvalue weighted by Gasteiger charge is -2.22. The number of hydrogen-bond donors (Lipinski definition) is 2. The average Bonchev–Trinajstić information content (AvgIpc) is 2.19. The monoisotopic (exact) mass is 195 g/mol. The van der Waals surface area contributed by atoms with E-state index in [1.807, 2.05) is 6.07 Å². The molecule has 0 radical (unpaired) electrons. The SMILES string of the molecule is Fc1cccc(NC2CC[NH2+]CC2)c1. The van der Waals surface area contributed by atoms with Gasteiger partial charge in [0.25, 0.3) is 0 Å². The van der Waals surface area contributed by atoms with Crippen LogP contribution in [0.5, 0.6) is 0 Å². The van der Waals surface area contributed by atoms with Crippen LogP contribution in [0, 0.1) is 5.82 Å². The fourth-order valence-electron chi connectivity index (χ4n) is 1.89. The standard InChI is InChI=1S/C11H15FN2/c12-9-2-1-3-11(8-9)14-10-4-6-13-7-5-10/h1-3,8,10,13-14H,4-7H2/p+1. The smallest absolute Gasteiger partial charge is 0.125 e. The minimum Gasteiger partial charge on any atom is -0.382 e. The Morgan fingerprint density at radius 2 is 2.07 bits per heavy atom. The summed E-state index contributed by atoms with van der Waals surface area (Å²) in [4.78, 5) is 0. The Morgan fingerprint density at radius 1 is 1.29 bits per heavy atom. The van der Waals surface area contributed by atoms with Crippen LogP contribution in [-0.4, -0.2) is 19.1 Å². The largest absolute Gasteiger partial charge is 0.382 e. The molecule has 2 nitrogen and oxygen atoms in total. The summed E-state index contributed by atoms with van der Waals surface area (Å²) in [5.41, 5.74) is 0.900. The summed E-state index contributed by atoms with van der Waals surface area (Å²) in [6, 6.07) is 7.20. The molecule has 0 spiro atoms. The second kappa shape index (κ2) is 4.42. The molecule has 0 saturated carbocycles. The van der Waals surface area contributed by atoms with Crippen LogP contribution < -0.4 is 10.6 Å². The van der Waals surface area contributed by atoms with Crippen molar-refractivity contribution < 1.29 is 9.71 Å². The molecule has 0 bridgehead atoms. The van der Waals surface area contributed by atoms with E-state index in [1.54, 1.807) is 12.1 Å². The summed E-state index contributed by atoms with van der Waals surface area (Å²) in [6.45, 7) is 2.35. The number of nitrogens with two attached hydrogens (primary N) is 1. The lowest BCUT2D eigenvalue weighted by Crippen LogP contribution is -2.87. The van der Waals surface area contributed by atoms with Crippen LogP contribution >= 0.6 is 0 Å². The van der Waals surface area contributed by atoms with Crippen molar-refractivity contribution in [2.45, 2.75) is 18.9 Å². The maximum absolute atomic E-state index is 12.9. The van der Waals surface area contributed by atoms with E-state index in [0.717, 1.165) is 18.5 Å². The maximum Gasteiger partial charge on any atom is 0.125 e. The molecule has 1 aromatic carbocycles. The van der Waals surface area contributed by atoms with E-state index < -0.39 is 0 Å². The lowest BCUT2D eigenvalue weighted by molar-refractivity contribution is -0.662. The van der Waals surface area contributed by atoms with E-state index in [2.05, 4.69) is 10.6 Å². The van der Waals surface area contributed by atoms with Crippen LogP contribution in [0.2, 0.25) is 0 Å². The van der Waals surface area contributed by atoms with Gasteiger partial charge in [0.05, 0.1) is 13.1 Å². The third kappa shape index (κ3) is 2.45. The number of quaternary nitrogens is 1. The topological polar surface area (TPSA) is 28.6 Å². The van der Waals surface area contributed by atoms with Crippen molar-refractivity contribution in [2.75, 3.05) is 18.4 Å². The number of rotatable bonds is 2. The molecule has 2 rings (SSSR count). The molecule has 0 unspecified atom stereocenters. The Bertz CT molecular complexity index is 295. The van der Waals surface area contributed by atoms with Gasteiger partial charge in [-0.25, -0.2) is 4.39 Å². The predicted molar refractivity (Wildman–Crippen MR) is 54.7 cm³/mol. The summed E-state index contributed by atoms with van der Waals surface area (Å²) in [7, 11) is 0. The zero-order chi connectivity index (χ0) is 9.80. The van der Waals surface area contributed by atoms with Crippen LogP contribution in [0.25, 0.3) is 0 Å². The van der Waals surface area contributed by atoms with E-state index in [4.69, 9.17) is 0 Å². The first-order chi connectivity index (χ1) is 6.84. The molecule has 76 valence electrons. The van der Waals surface area contributed by atoms with E-state index in [1.165, 1.54) is 19.2 Å². The van der Waals surface area contributed by atoms with E-state index in [0.29, 0.717) is 6.04 Å². The zero-order valence-corrected chi connectivity index (χ0v) is 8.17. The highest BCUT2D eigenvalue weighted by Gasteiger charge is 2.14. The van der Waals surface area contributed by atoms with Gasteiger partial charge in [-0.05, 0) is 18.2 Å². The molecular weight excluding hydrogens is 179 g/mol. The van der Waals surface area contributed by atoms with Gasteiger partial charge in [0.1, 0.15) is 5.82 Å². The van der Waals surface area contributed by atoms with Gasteiger partial charge in [-0.15, -0.1) is 0 Å². The van der Waals surface area contributed by atoms with Crippen molar-refractivity contribution in [1.29, 1.82) is 0 Å². The van der Waals surface area contributed by atoms with Gasteiger partial charge in [-0.3, -0.25) is 0 Å². The van der Waals surface area contributed by atoms with Crippen LogP contribution in [0.4, 0.5) is 10.1 Å². The molecule has 1 fully saturated rings. The summed E-state index contributed by atoms with van der Waals surface area (Å²) in [5.74, 6) is -0.169. The molecule has 0 aliphatic carbocycles. The van der Waals surface area contributed by atoms with Gasteiger partial charge in [0, 0.05) is 24.6 Å².